The lowest BCUT2D eigenvalue weighted by Crippen LogP contribution is -2.35. The van der Waals surface area contributed by atoms with Crippen LogP contribution < -0.4 is 9.47 Å². The first-order valence-corrected chi connectivity index (χ1v) is 10.4. The first-order chi connectivity index (χ1) is 15.6. The van der Waals surface area contributed by atoms with Gasteiger partial charge in [0.15, 0.2) is 18.1 Å². The topological polar surface area (TPSA) is 65.1 Å². The Morgan fingerprint density at radius 1 is 0.781 bits per heavy atom. The van der Waals surface area contributed by atoms with E-state index in [9.17, 15) is 9.59 Å². The zero-order valence-electron chi connectivity index (χ0n) is 18.3. The SMILES string of the molecule is COc1ccc(C(=O)OCC(=O)N(CCc2ccccc2)Cc2ccccc2)cc1OC. The highest BCUT2D eigenvalue weighted by molar-refractivity contribution is 5.92. The number of nitrogens with zero attached hydrogens (tertiary/aromatic N) is 1. The average molecular weight is 434 g/mol. The number of hydrogen-bond donors (Lipinski definition) is 0. The first-order valence-electron chi connectivity index (χ1n) is 10.4. The molecule has 0 fully saturated rings. The molecule has 3 aromatic rings. The van der Waals surface area contributed by atoms with E-state index in [1.54, 1.807) is 17.0 Å². The van der Waals surface area contributed by atoms with Gasteiger partial charge in [0.2, 0.25) is 0 Å². The fourth-order valence-electron chi connectivity index (χ4n) is 3.27. The van der Waals surface area contributed by atoms with E-state index in [-0.39, 0.29) is 18.1 Å². The molecule has 0 saturated carbocycles. The molecule has 0 aliphatic carbocycles. The van der Waals surface area contributed by atoms with Crippen LogP contribution in [-0.2, 0) is 22.5 Å². The molecule has 32 heavy (non-hydrogen) atoms. The van der Waals surface area contributed by atoms with E-state index in [2.05, 4.69) is 0 Å². The second-order valence-corrected chi connectivity index (χ2v) is 7.18. The van der Waals surface area contributed by atoms with Crippen molar-refractivity contribution in [2.24, 2.45) is 0 Å². The number of esters is 1. The number of methoxy groups -OCH3 is 2. The molecule has 166 valence electrons. The van der Waals surface area contributed by atoms with Crippen LogP contribution in [-0.4, -0.2) is 44.1 Å². The van der Waals surface area contributed by atoms with Crippen LogP contribution in [0.15, 0.2) is 78.9 Å². The molecule has 3 aromatic carbocycles. The predicted octanol–water partition coefficient (Wildman–Crippen LogP) is 4.13. The number of carbonyl (C=O) groups excluding carboxylic acids is 2. The van der Waals surface area contributed by atoms with Crippen molar-refractivity contribution in [1.82, 2.24) is 4.90 Å². The Morgan fingerprint density at radius 3 is 2.03 bits per heavy atom. The van der Waals surface area contributed by atoms with Gasteiger partial charge in [-0.15, -0.1) is 0 Å². The van der Waals surface area contributed by atoms with Gasteiger partial charge in [-0.25, -0.2) is 4.79 Å². The van der Waals surface area contributed by atoms with Crippen LogP contribution in [0.5, 0.6) is 11.5 Å². The molecule has 0 N–H and O–H groups in total. The maximum Gasteiger partial charge on any atom is 0.338 e. The molecular formula is C26H27NO5. The zero-order chi connectivity index (χ0) is 22.8. The molecule has 0 aromatic heterocycles. The quantitative estimate of drug-likeness (QED) is 0.450. The maximum atomic E-state index is 12.9. The molecule has 6 heteroatoms. The molecule has 6 nitrogen and oxygen atoms in total. The van der Waals surface area contributed by atoms with Gasteiger partial charge in [-0.2, -0.15) is 0 Å². The van der Waals surface area contributed by atoms with Crippen LogP contribution in [0, 0.1) is 0 Å². The van der Waals surface area contributed by atoms with Gasteiger partial charge < -0.3 is 19.1 Å². The molecule has 0 unspecified atom stereocenters. The van der Waals surface area contributed by atoms with Crippen LogP contribution in [0.2, 0.25) is 0 Å². The molecule has 3 rings (SSSR count). The number of carbonyl (C=O) groups is 2. The maximum absolute atomic E-state index is 12.9. The van der Waals surface area contributed by atoms with E-state index < -0.39 is 5.97 Å². The van der Waals surface area contributed by atoms with E-state index in [1.165, 1.54) is 20.3 Å². The van der Waals surface area contributed by atoms with Gasteiger partial charge in [-0.05, 0) is 35.7 Å². The van der Waals surface area contributed by atoms with Gasteiger partial charge in [-0.1, -0.05) is 60.7 Å². The Bertz CT molecular complexity index is 1020. The van der Waals surface area contributed by atoms with Gasteiger partial charge >= 0.3 is 5.97 Å². The number of amides is 1. The number of benzene rings is 3. The minimum Gasteiger partial charge on any atom is -0.493 e. The fourth-order valence-corrected chi connectivity index (χ4v) is 3.27. The second-order valence-electron chi connectivity index (χ2n) is 7.18. The largest absolute Gasteiger partial charge is 0.493 e. The Labute approximate surface area is 188 Å². The lowest BCUT2D eigenvalue weighted by atomic mass is 10.1. The summed E-state index contributed by atoms with van der Waals surface area (Å²) in [4.78, 5) is 27.1. The van der Waals surface area contributed by atoms with Crippen LogP contribution in [0.3, 0.4) is 0 Å². The van der Waals surface area contributed by atoms with Gasteiger partial charge in [0.25, 0.3) is 5.91 Å². The van der Waals surface area contributed by atoms with Crippen molar-refractivity contribution >= 4 is 11.9 Å². The Balaban J connectivity index is 1.65. The number of ether oxygens (including phenoxy) is 3. The summed E-state index contributed by atoms with van der Waals surface area (Å²) >= 11 is 0. The van der Waals surface area contributed by atoms with Crippen LogP contribution in [0.4, 0.5) is 0 Å². The molecule has 0 aliphatic heterocycles. The van der Waals surface area contributed by atoms with E-state index in [1.807, 2.05) is 60.7 Å². The Morgan fingerprint density at radius 2 is 1.41 bits per heavy atom. The Kier molecular flexibility index (Phi) is 8.26. The molecule has 0 saturated heterocycles. The lowest BCUT2D eigenvalue weighted by molar-refractivity contribution is -0.135. The minimum absolute atomic E-state index is 0.251. The minimum atomic E-state index is -0.595. The monoisotopic (exact) mass is 433 g/mol. The summed E-state index contributed by atoms with van der Waals surface area (Å²) in [6.45, 7) is 0.626. The van der Waals surface area contributed by atoms with Gasteiger partial charge in [0.1, 0.15) is 0 Å². The highest BCUT2D eigenvalue weighted by Gasteiger charge is 2.18. The van der Waals surface area contributed by atoms with Crippen molar-refractivity contribution in [2.75, 3.05) is 27.4 Å². The first kappa shape index (κ1) is 22.9. The number of hydrogen-bond acceptors (Lipinski definition) is 5. The molecule has 0 aliphatic rings. The Hall–Kier alpha value is -3.80. The third-order valence-corrected chi connectivity index (χ3v) is 5.03. The second kappa shape index (κ2) is 11.6. The van der Waals surface area contributed by atoms with Crippen molar-refractivity contribution in [3.63, 3.8) is 0 Å². The molecule has 0 radical (unpaired) electrons. The standard InChI is InChI=1S/C26H27NO5/c1-30-23-14-13-22(17-24(23)31-2)26(29)32-19-25(28)27(18-21-11-7-4-8-12-21)16-15-20-9-5-3-6-10-20/h3-14,17H,15-16,18-19H2,1-2H3. The summed E-state index contributed by atoms with van der Waals surface area (Å²) in [5.74, 6) is 0.0811. The van der Waals surface area contributed by atoms with Crippen molar-refractivity contribution in [1.29, 1.82) is 0 Å². The zero-order valence-corrected chi connectivity index (χ0v) is 18.3. The molecular weight excluding hydrogens is 406 g/mol. The summed E-state index contributed by atoms with van der Waals surface area (Å²) in [6, 6.07) is 24.5. The molecule has 1 amide bonds. The van der Waals surface area contributed by atoms with Crippen molar-refractivity contribution in [2.45, 2.75) is 13.0 Å². The van der Waals surface area contributed by atoms with Crippen LogP contribution in [0.25, 0.3) is 0 Å². The summed E-state index contributed by atoms with van der Waals surface area (Å²) in [5, 5.41) is 0. The summed E-state index contributed by atoms with van der Waals surface area (Å²) in [7, 11) is 3.01. The van der Waals surface area contributed by atoms with E-state index in [4.69, 9.17) is 14.2 Å². The molecule has 0 bridgehead atoms. The fraction of sp³-hybridized carbons (Fsp3) is 0.231. The van der Waals surface area contributed by atoms with E-state index in [0.717, 1.165) is 11.1 Å². The van der Waals surface area contributed by atoms with E-state index >= 15 is 0 Å². The third kappa shape index (κ3) is 6.35. The summed E-state index contributed by atoms with van der Waals surface area (Å²) in [6.07, 6.45) is 0.711. The number of rotatable bonds is 10. The third-order valence-electron chi connectivity index (χ3n) is 5.03. The summed E-state index contributed by atoms with van der Waals surface area (Å²) in [5.41, 5.74) is 2.44. The van der Waals surface area contributed by atoms with Gasteiger partial charge in [0.05, 0.1) is 19.8 Å². The van der Waals surface area contributed by atoms with Crippen molar-refractivity contribution in [3.8, 4) is 11.5 Å². The van der Waals surface area contributed by atoms with E-state index in [0.29, 0.717) is 31.0 Å². The lowest BCUT2D eigenvalue weighted by Gasteiger charge is -2.23. The molecule has 0 atom stereocenters. The summed E-state index contributed by atoms with van der Waals surface area (Å²) < 4.78 is 15.7. The molecule has 0 heterocycles. The van der Waals surface area contributed by atoms with Crippen molar-refractivity contribution in [3.05, 3.63) is 95.6 Å². The smallest absolute Gasteiger partial charge is 0.338 e. The van der Waals surface area contributed by atoms with Gasteiger partial charge in [0, 0.05) is 13.1 Å². The predicted molar refractivity (Wildman–Crippen MR) is 122 cm³/mol. The normalized spacial score (nSPS) is 10.3. The average Bonchev–Trinajstić information content (AvgIpc) is 2.85. The highest BCUT2D eigenvalue weighted by Crippen LogP contribution is 2.27. The molecule has 0 spiro atoms. The van der Waals surface area contributed by atoms with Crippen molar-refractivity contribution < 1.29 is 23.8 Å². The highest BCUT2D eigenvalue weighted by atomic mass is 16.5. The van der Waals surface area contributed by atoms with Crippen LogP contribution >= 0.6 is 0 Å². The van der Waals surface area contributed by atoms with Gasteiger partial charge in [-0.3, -0.25) is 4.79 Å². The van der Waals surface area contributed by atoms with Crippen LogP contribution in [0.1, 0.15) is 21.5 Å².